The zero-order chi connectivity index (χ0) is 13.1. The third-order valence-electron chi connectivity index (χ3n) is 3.67. The molecule has 1 N–H and O–H groups in total. The molecule has 0 radical (unpaired) electrons. The minimum absolute atomic E-state index is 0.513. The number of nitrogens with one attached hydrogen (secondary N) is 1. The number of anilines is 1. The first kappa shape index (κ1) is 12.8. The van der Waals surface area contributed by atoms with E-state index < -0.39 is 0 Å². The van der Waals surface area contributed by atoms with Gasteiger partial charge in [0.2, 0.25) is 0 Å². The van der Waals surface area contributed by atoms with Crippen LogP contribution < -0.4 is 5.32 Å². The molecule has 2 heterocycles. The Morgan fingerprint density at radius 1 is 1.37 bits per heavy atom. The molecule has 1 fully saturated rings. The Bertz CT molecular complexity index is 549. The van der Waals surface area contributed by atoms with Gasteiger partial charge in [-0.25, -0.2) is 9.97 Å². The van der Waals surface area contributed by atoms with Crippen LogP contribution in [0, 0.1) is 5.92 Å². The van der Waals surface area contributed by atoms with E-state index in [0.29, 0.717) is 6.61 Å². The average molecular weight is 277 g/mol. The Morgan fingerprint density at radius 2 is 2.21 bits per heavy atom. The smallest absolute Gasteiger partial charge is 0.158 e. The van der Waals surface area contributed by atoms with Gasteiger partial charge in [-0.1, -0.05) is 12.8 Å². The lowest BCUT2D eigenvalue weighted by Crippen LogP contribution is -2.08. The van der Waals surface area contributed by atoms with Gasteiger partial charge in [-0.3, -0.25) is 0 Å². The van der Waals surface area contributed by atoms with Crippen molar-refractivity contribution in [2.24, 2.45) is 5.92 Å². The maximum atomic E-state index is 5.78. The molecule has 0 spiro atoms. The van der Waals surface area contributed by atoms with Crippen molar-refractivity contribution >= 4 is 27.4 Å². The second kappa shape index (κ2) is 5.84. The first-order valence-electron chi connectivity index (χ1n) is 6.86. The summed E-state index contributed by atoms with van der Waals surface area (Å²) in [4.78, 5) is 10.1. The molecule has 0 atom stereocenters. The first-order valence-corrected chi connectivity index (χ1v) is 7.74. The summed E-state index contributed by atoms with van der Waals surface area (Å²) in [5.74, 6) is 2.41. The van der Waals surface area contributed by atoms with E-state index in [9.17, 15) is 0 Å². The molecule has 19 heavy (non-hydrogen) atoms. The second-order valence-corrected chi connectivity index (χ2v) is 5.94. The Kier molecular flexibility index (Phi) is 3.94. The average Bonchev–Trinajstić information content (AvgIpc) is 3.08. The molecule has 0 unspecified atom stereocenters. The van der Waals surface area contributed by atoms with Crippen LogP contribution in [0.1, 0.15) is 31.5 Å². The zero-order valence-corrected chi connectivity index (χ0v) is 12.0. The second-order valence-electron chi connectivity index (χ2n) is 5.04. The molecule has 0 aliphatic heterocycles. The Morgan fingerprint density at radius 3 is 3.00 bits per heavy atom. The quantitative estimate of drug-likeness (QED) is 0.909. The van der Waals surface area contributed by atoms with E-state index in [-0.39, 0.29) is 0 Å². The minimum Gasteiger partial charge on any atom is -0.373 e. The van der Waals surface area contributed by atoms with Crippen molar-refractivity contribution in [1.29, 1.82) is 0 Å². The lowest BCUT2D eigenvalue weighted by Gasteiger charge is -2.10. The molecule has 2 aromatic heterocycles. The van der Waals surface area contributed by atoms with Gasteiger partial charge in [-0.15, -0.1) is 11.3 Å². The van der Waals surface area contributed by atoms with E-state index in [2.05, 4.69) is 21.4 Å². The van der Waals surface area contributed by atoms with Gasteiger partial charge < -0.3 is 10.1 Å². The van der Waals surface area contributed by atoms with Crippen LogP contribution in [0.3, 0.4) is 0 Å². The van der Waals surface area contributed by atoms with Crippen molar-refractivity contribution in [3.8, 4) is 0 Å². The van der Waals surface area contributed by atoms with Crippen molar-refractivity contribution < 1.29 is 4.74 Å². The molecule has 0 saturated heterocycles. The van der Waals surface area contributed by atoms with Crippen molar-refractivity contribution in [3.63, 3.8) is 0 Å². The van der Waals surface area contributed by atoms with Crippen LogP contribution in [0.5, 0.6) is 0 Å². The third kappa shape index (κ3) is 2.87. The molecule has 1 aliphatic carbocycles. The molecule has 2 aromatic rings. The topological polar surface area (TPSA) is 47.0 Å². The van der Waals surface area contributed by atoms with E-state index in [0.717, 1.165) is 34.4 Å². The van der Waals surface area contributed by atoms with E-state index in [1.807, 2.05) is 12.4 Å². The van der Waals surface area contributed by atoms with E-state index in [1.165, 1.54) is 25.7 Å². The summed E-state index contributed by atoms with van der Waals surface area (Å²) in [7, 11) is 1.89. The van der Waals surface area contributed by atoms with Crippen molar-refractivity contribution in [2.45, 2.75) is 32.3 Å². The van der Waals surface area contributed by atoms with Crippen LogP contribution in [0.4, 0.5) is 5.82 Å². The van der Waals surface area contributed by atoms with Gasteiger partial charge in [-0.05, 0) is 30.2 Å². The number of rotatable bonds is 5. The van der Waals surface area contributed by atoms with Gasteiger partial charge in [0, 0.05) is 13.7 Å². The van der Waals surface area contributed by atoms with Crippen molar-refractivity contribution in [2.75, 3.05) is 19.0 Å². The number of hydrogen-bond donors (Lipinski definition) is 1. The summed E-state index contributed by atoms with van der Waals surface area (Å²) < 4.78 is 5.78. The van der Waals surface area contributed by atoms with Gasteiger partial charge in [0.1, 0.15) is 17.3 Å². The Balaban J connectivity index is 1.66. The van der Waals surface area contributed by atoms with E-state index in [4.69, 9.17) is 4.74 Å². The van der Waals surface area contributed by atoms with Crippen LogP contribution in [-0.4, -0.2) is 23.6 Å². The van der Waals surface area contributed by atoms with Crippen molar-refractivity contribution in [3.05, 3.63) is 17.3 Å². The molecule has 3 rings (SSSR count). The molecule has 4 nitrogen and oxygen atoms in total. The first-order chi connectivity index (χ1) is 9.36. The molecule has 5 heteroatoms. The number of fused-ring (bicyclic) bond motifs is 1. The summed E-state index contributed by atoms with van der Waals surface area (Å²) in [5, 5.41) is 6.26. The predicted octanol–water partition coefficient (Wildman–Crippen LogP) is 3.44. The highest BCUT2D eigenvalue weighted by molar-refractivity contribution is 7.16. The van der Waals surface area contributed by atoms with Gasteiger partial charge in [0.15, 0.2) is 5.82 Å². The third-order valence-corrected chi connectivity index (χ3v) is 4.47. The van der Waals surface area contributed by atoms with Crippen LogP contribution in [0.15, 0.2) is 11.4 Å². The largest absolute Gasteiger partial charge is 0.373 e. The summed E-state index contributed by atoms with van der Waals surface area (Å²) in [6, 6.07) is 2.05. The van der Waals surface area contributed by atoms with Gasteiger partial charge in [0.25, 0.3) is 0 Å². The van der Waals surface area contributed by atoms with Crippen LogP contribution in [-0.2, 0) is 11.3 Å². The SMILES string of the molecule is CNc1nc(COCC2CCCC2)nc2sccc12. The van der Waals surface area contributed by atoms with Crippen LogP contribution in [0.25, 0.3) is 10.2 Å². The highest BCUT2D eigenvalue weighted by Crippen LogP contribution is 2.26. The highest BCUT2D eigenvalue weighted by atomic mass is 32.1. The predicted molar refractivity (Wildman–Crippen MR) is 78.6 cm³/mol. The van der Waals surface area contributed by atoms with Gasteiger partial charge >= 0.3 is 0 Å². The molecular formula is C14H19N3OS. The zero-order valence-electron chi connectivity index (χ0n) is 11.2. The monoisotopic (exact) mass is 277 g/mol. The standard InChI is InChI=1S/C14H19N3OS/c1-15-13-11-6-7-19-14(11)17-12(16-13)9-18-8-10-4-2-3-5-10/h6-7,10H,2-5,8-9H2,1H3,(H,15,16,17). The normalized spacial score (nSPS) is 16.3. The minimum atomic E-state index is 0.513. The molecular weight excluding hydrogens is 258 g/mol. The van der Waals surface area contributed by atoms with Gasteiger partial charge in [0.05, 0.1) is 5.39 Å². The summed E-state index contributed by atoms with van der Waals surface area (Å²) in [6.45, 7) is 1.36. The van der Waals surface area contributed by atoms with E-state index >= 15 is 0 Å². The molecule has 102 valence electrons. The van der Waals surface area contributed by atoms with Crippen molar-refractivity contribution in [1.82, 2.24) is 9.97 Å². The summed E-state index contributed by atoms with van der Waals surface area (Å²) in [6.07, 6.45) is 5.34. The van der Waals surface area contributed by atoms with E-state index in [1.54, 1.807) is 11.3 Å². The maximum absolute atomic E-state index is 5.78. The summed E-state index contributed by atoms with van der Waals surface area (Å²) in [5.41, 5.74) is 0. The lowest BCUT2D eigenvalue weighted by atomic mass is 10.1. The number of hydrogen-bond acceptors (Lipinski definition) is 5. The fraction of sp³-hybridized carbons (Fsp3) is 0.571. The van der Waals surface area contributed by atoms with Gasteiger partial charge in [-0.2, -0.15) is 0 Å². The highest BCUT2D eigenvalue weighted by Gasteiger charge is 2.15. The fourth-order valence-corrected chi connectivity index (χ4v) is 3.43. The number of nitrogens with zero attached hydrogens (tertiary/aromatic N) is 2. The lowest BCUT2D eigenvalue weighted by molar-refractivity contribution is 0.0846. The maximum Gasteiger partial charge on any atom is 0.158 e. The fourth-order valence-electron chi connectivity index (χ4n) is 2.65. The Labute approximate surface area is 117 Å². The molecule has 0 aromatic carbocycles. The number of ether oxygens (including phenoxy) is 1. The molecule has 0 bridgehead atoms. The molecule has 0 amide bonds. The van der Waals surface area contributed by atoms with Crippen LogP contribution in [0.2, 0.25) is 0 Å². The number of thiophene rings is 1. The Hall–Kier alpha value is -1.20. The number of aromatic nitrogens is 2. The van der Waals surface area contributed by atoms with Crippen LogP contribution >= 0.6 is 11.3 Å². The molecule has 1 aliphatic rings. The summed E-state index contributed by atoms with van der Waals surface area (Å²) >= 11 is 1.64. The molecule has 1 saturated carbocycles.